The van der Waals surface area contributed by atoms with E-state index >= 15 is 0 Å². The van der Waals surface area contributed by atoms with Crippen LogP contribution in [0.5, 0.6) is 5.75 Å². The van der Waals surface area contributed by atoms with Crippen LogP contribution in [0.3, 0.4) is 0 Å². The van der Waals surface area contributed by atoms with Crippen LogP contribution in [0, 0.1) is 33.7 Å². The van der Waals surface area contributed by atoms with Crippen molar-refractivity contribution in [2.45, 2.75) is 51.5 Å². The molecule has 4 atom stereocenters. The number of rotatable bonds is 9. The van der Waals surface area contributed by atoms with Gasteiger partial charge in [-0.25, -0.2) is 9.29 Å². The summed E-state index contributed by atoms with van der Waals surface area (Å²) in [5, 5.41) is 32.0. The third kappa shape index (κ3) is 6.00. The SMILES string of the molecule is CCCC1=C2[C@@H](CC/C(=C/c3ccc(O)c(F)c3)c3ccccc3)OB(O)C[C@@H]2[C@@H]2C(=O)N(c3cccc([N+](=O)[O-])c3)C(=O)[C@@H]2C1. The molecular weight excluding hydrogens is 590 g/mol. The number of non-ortho nitro benzene ring substituents is 1. The van der Waals surface area contributed by atoms with Crippen LogP contribution in [-0.4, -0.2) is 40.1 Å². The van der Waals surface area contributed by atoms with Crippen LogP contribution < -0.4 is 4.90 Å². The van der Waals surface area contributed by atoms with Gasteiger partial charge < -0.3 is 14.8 Å². The van der Waals surface area contributed by atoms with Gasteiger partial charge in [0.05, 0.1) is 28.6 Å². The maximum atomic E-state index is 14.2. The first-order valence-corrected chi connectivity index (χ1v) is 15.6. The van der Waals surface area contributed by atoms with Gasteiger partial charge in [-0.2, -0.15) is 0 Å². The molecule has 1 aliphatic carbocycles. The quantitative estimate of drug-likeness (QED) is 0.0689. The number of fused-ring (bicyclic) bond motifs is 3. The largest absolute Gasteiger partial charge is 0.505 e. The number of phenols is 1. The van der Waals surface area contributed by atoms with Crippen molar-refractivity contribution in [2.24, 2.45) is 17.8 Å². The molecule has 2 aliphatic heterocycles. The first-order valence-electron chi connectivity index (χ1n) is 15.6. The average molecular weight is 624 g/mol. The van der Waals surface area contributed by atoms with E-state index in [2.05, 4.69) is 0 Å². The van der Waals surface area contributed by atoms with Crippen molar-refractivity contribution in [3.63, 3.8) is 0 Å². The van der Waals surface area contributed by atoms with Crippen LogP contribution >= 0.6 is 0 Å². The Hall–Kier alpha value is -4.61. The number of hydrogen-bond acceptors (Lipinski definition) is 7. The van der Waals surface area contributed by atoms with Crippen molar-refractivity contribution in [3.05, 3.63) is 111 Å². The summed E-state index contributed by atoms with van der Waals surface area (Å²) in [4.78, 5) is 39.7. The zero-order valence-corrected chi connectivity index (χ0v) is 25.3. The highest BCUT2D eigenvalue weighted by Gasteiger charge is 2.57. The number of anilines is 1. The molecule has 2 N–H and O–H groups in total. The second-order valence-electron chi connectivity index (χ2n) is 12.1. The summed E-state index contributed by atoms with van der Waals surface area (Å²) in [6.07, 6.45) is 4.37. The number of nitrogens with zero attached hydrogens (tertiary/aromatic N) is 2. The summed E-state index contributed by atoms with van der Waals surface area (Å²) in [6, 6.07) is 19.4. The fourth-order valence-electron chi connectivity index (χ4n) is 7.36. The van der Waals surface area contributed by atoms with Crippen LogP contribution in [-0.2, 0) is 14.2 Å². The monoisotopic (exact) mass is 624 g/mol. The van der Waals surface area contributed by atoms with Gasteiger partial charge in [0.2, 0.25) is 11.8 Å². The third-order valence-electron chi connectivity index (χ3n) is 9.29. The van der Waals surface area contributed by atoms with Gasteiger partial charge in [-0.15, -0.1) is 0 Å². The lowest BCUT2D eigenvalue weighted by molar-refractivity contribution is -0.384. The Morgan fingerprint density at radius 3 is 2.59 bits per heavy atom. The lowest BCUT2D eigenvalue weighted by atomic mass is 9.58. The normalized spacial score (nSPS) is 23.1. The Morgan fingerprint density at radius 1 is 1.09 bits per heavy atom. The number of nitro benzene ring substituents is 1. The van der Waals surface area contributed by atoms with E-state index in [0.29, 0.717) is 31.2 Å². The molecule has 0 saturated carbocycles. The minimum Gasteiger partial charge on any atom is -0.505 e. The average Bonchev–Trinajstić information content (AvgIpc) is 3.30. The highest BCUT2D eigenvalue weighted by Crippen LogP contribution is 2.52. The number of imide groups is 1. The Bertz CT molecular complexity index is 1740. The first-order chi connectivity index (χ1) is 22.2. The van der Waals surface area contributed by atoms with Crippen molar-refractivity contribution in [1.29, 1.82) is 0 Å². The molecule has 6 rings (SSSR count). The molecule has 0 spiro atoms. The minimum absolute atomic E-state index is 0.163. The molecule has 9 nitrogen and oxygen atoms in total. The van der Waals surface area contributed by atoms with E-state index in [1.807, 2.05) is 43.3 Å². The number of amides is 2. The van der Waals surface area contributed by atoms with E-state index in [4.69, 9.17) is 4.65 Å². The van der Waals surface area contributed by atoms with E-state index < -0.39 is 53.4 Å². The number of benzene rings is 3. The molecule has 2 amide bonds. The number of aromatic hydroxyl groups is 1. The van der Waals surface area contributed by atoms with Crippen molar-refractivity contribution >= 4 is 42.0 Å². The standard InChI is InChI=1S/C35H34BFN2O7/c1-2-7-24-18-27-33(35(42)38(34(27)41)25-10-6-11-26(19-25)39(44)45)28-20-36(43)46-31(32(24)28)15-13-23(22-8-4-3-5-9-22)16-21-12-14-30(40)29(37)17-21/h3-6,8-12,14,16-17,19,27-28,31,33,40,43H,2,7,13,15,18,20H2,1H3/b23-16-/t27-,28+,31-,33-/m1/s1. The van der Waals surface area contributed by atoms with Crippen molar-refractivity contribution < 1.29 is 33.7 Å². The summed E-state index contributed by atoms with van der Waals surface area (Å²) < 4.78 is 20.4. The van der Waals surface area contributed by atoms with Crippen molar-refractivity contribution in [3.8, 4) is 5.75 Å². The Morgan fingerprint density at radius 2 is 1.87 bits per heavy atom. The van der Waals surface area contributed by atoms with Gasteiger partial charge >= 0.3 is 7.12 Å². The molecule has 2 fully saturated rings. The van der Waals surface area contributed by atoms with Gasteiger partial charge in [0.25, 0.3) is 5.69 Å². The van der Waals surface area contributed by atoms with E-state index in [9.17, 15) is 34.2 Å². The smallest absolute Gasteiger partial charge is 0.455 e. The molecule has 3 aliphatic rings. The highest BCUT2D eigenvalue weighted by molar-refractivity contribution is 6.43. The Kier molecular flexibility index (Phi) is 8.88. The summed E-state index contributed by atoms with van der Waals surface area (Å²) >= 11 is 0. The number of halogens is 1. The second kappa shape index (κ2) is 13.0. The van der Waals surface area contributed by atoms with Gasteiger partial charge in [-0.3, -0.25) is 19.7 Å². The number of nitro groups is 1. The maximum absolute atomic E-state index is 14.2. The fraction of sp³-hybridized carbons (Fsp3) is 0.314. The number of allylic oxidation sites excluding steroid dienone is 2. The van der Waals surface area contributed by atoms with Crippen LogP contribution in [0.1, 0.15) is 50.2 Å². The molecular formula is C35H34BFN2O7. The molecule has 3 aromatic carbocycles. The Labute approximate surface area is 266 Å². The van der Waals surface area contributed by atoms with Gasteiger partial charge in [0.15, 0.2) is 11.6 Å². The molecule has 0 bridgehead atoms. The van der Waals surface area contributed by atoms with E-state index in [0.717, 1.165) is 33.6 Å². The van der Waals surface area contributed by atoms with Gasteiger partial charge in [0, 0.05) is 12.1 Å². The minimum atomic E-state index is -1.15. The zero-order valence-electron chi connectivity index (χ0n) is 25.3. The number of phenolic OH excluding ortho intramolecular Hbond substituents is 1. The van der Waals surface area contributed by atoms with E-state index in [-0.39, 0.29) is 23.6 Å². The van der Waals surface area contributed by atoms with E-state index in [1.165, 1.54) is 36.4 Å². The van der Waals surface area contributed by atoms with Crippen LogP contribution in [0.4, 0.5) is 15.8 Å². The third-order valence-corrected chi connectivity index (χ3v) is 9.29. The molecule has 0 aromatic heterocycles. The molecule has 11 heteroatoms. The second-order valence-corrected chi connectivity index (χ2v) is 12.1. The van der Waals surface area contributed by atoms with Crippen LogP contribution in [0.15, 0.2) is 83.9 Å². The Balaban J connectivity index is 1.33. The van der Waals surface area contributed by atoms with Gasteiger partial charge in [-0.05, 0) is 78.4 Å². The van der Waals surface area contributed by atoms with Gasteiger partial charge in [0.1, 0.15) is 0 Å². The summed E-state index contributed by atoms with van der Waals surface area (Å²) in [7, 11) is -1.15. The zero-order chi connectivity index (χ0) is 32.5. The molecule has 0 radical (unpaired) electrons. The van der Waals surface area contributed by atoms with Crippen molar-refractivity contribution in [1.82, 2.24) is 0 Å². The molecule has 236 valence electrons. The highest BCUT2D eigenvalue weighted by atomic mass is 19.1. The van der Waals surface area contributed by atoms with Crippen LogP contribution in [0.25, 0.3) is 11.6 Å². The lowest BCUT2D eigenvalue weighted by Gasteiger charge is -2.43. The molecule has 46 heavy (non-hydrogen) atoms. The van der Waals surface area contributed by atoms with Gasteiger partial charge in [-0.1, -0.05) is 67.5 Å². The molecule has 0 unspecified atom stereocenters. The summed E-state index contributed by atoms with van der Waals surface area (Å²) in [5.74, 6) is -3.71. The predicted molar refractivity (Wildman–Crippen MR) is 172 cm³/mol. The number of carbonyl (C=O) groups is 2. The predicted octanol–water partition coefficient (Wildman–Crippen LogP) is 6.56. The number of carbonyl (C=O) groups excluding carboxylic acids is 2. The molecule has 3 aromatic rings. The summed E-state index contributed by atoms with van der Waals surface area (Å²) in [5.41, 5.74) is 4.39. The van der Waals surface area contributed by atoms with E-state index in [1.54, 1.807) is 6.07 Å². The first kappa shape index (κ1) is 31.4. The lowest BCUT2D eigenvalue weighted by Crippen LogP contribution is -2.46. The molecule has 2 heterocycles. The summed E-state index contributed by atoms with van der Waals surface area (Å²) in [6.45, 7) is 2.05. The topological polar surface area (TPSA) is 130 Å². The molecule has 2 saturated heterocycles. The number of hydrogen-bond donors (Lipinski definition) is 2. The van der Waals surface area contributed by atoms with Crippen molar-refractivity contribution in [2.75, 3.05) is 4.90 Å². The maximum Gasteiger partial charge on any atom is 0.455 e. The fourth-order valence-corrected chi connectivity index (χ4v) is 7.36. The van der Waals surface area contributed by atoms with Crippen LogP contribution in [0.2, 0.25) is 6.32 Å².